The summed E-state index contributed by atoms with van der Waals surface area (Å²) in [4.78, 5) is 16.1. The van der Waals surface area contributed by atoms with Crippen LogP contribution in [0.5, 0.6) is 0 Å². The molecule has 0 spiro atoms. The van der Waals surface area contributed by atoms with Crippen LogP contribution in [0.4, 0.5) is 0 Å². The van der Waals surface area contributed by atoms with Crippen molar-refractivity contribution in [1.82, 2.24) is 10.3 Å². The number of thiazole rings is 1. The van der Waals surface area contributed by atoms with E-state index >= 15 is 0 Å². The van der Waals surface area contributed by atoms with Gasteiger partial charge in [-0.3, -0.25) is 4.79 Å². The Morgan fingerprint density at radius 2 is 2.20 bits per heavy atom. The van der Waals surface area contributed by atoms with E-state index in [4.69, 9.17) is 16.3 Å². The monoisotopic (exact) mass is 308 g/mol. The van der Waals surface area contributed by atoms with E-state index in [0.29, 0.717) is 17.3 Å². The topological polar surface area (TPSA) is 51.2 Å². The Labute approximate surface area is 125 Å². The van der Waals surface area contributed by atoms with Crippen LogP contribution < -0.4 is 5.32 Å². The summed E-state index contributed by atoms with van der Waals surface area (Å²) in [6, 6.07) is 7.49. The SMILES string of the molecule is O=C(N[C@H]1CCO[C@@H]1c1ccc(Cl)cc1)c1cscn1. The number of hydrogen-bond acceptors (Lipinski definition) is 4. The first-order chi connectivity index (χ1) is 9.74. The Morgan fingerprint density at radius 1 is 1.40 bits per heavy atom. The zero-order chi connectivity index (χ0) is 13.9. The number of ether oxygens (including phenoxy) is 1. The molecule has 3 rings (SSSR count). The molecule has 104 valence electrons. The molecule has 1 aliphatic rings. The zero-order valence-electron chi connectivity index (χ0n) is 10.6. The molecule has 4 nitrogen and oxygen atoms in total. The van der Waals surface area contributed by atoms with E-state index < -0.39 is 0 Å². The number of hydrogen-bond donors (Lipinski definition) is 1. The molecule has 1 fully saturated rings. The molecule has 2 aromatic rings. The Hall–Kier alpha value is -1.43. The van der Waals surface area contributed by atoms with Gasteiger partial charge in [-0.05, 0) is 24.1 Å². The van der Waals surface area contributed by atoms with Crippen LogP contribution in [0.3, 0.4) is 0 Å². The first-order valence-electron chi connectivity index (χ1n) is 6.30. The Bertz CT molecular complexity index is 586. The molecule has 1 saturated heterocycles. The highest BCUT2D eigenvalue weighted by molar-refractivity contribution is 7.07. The molecule has 6 heteroatoms. The van der Waals surface area contributed by atoms with Gasteiger partial charge in [-0.25, -0.2) is 4.98 Å². The number of carbonyl (C=O) groups excluding carboxylic acids is 1. The first-order valence-corrected chi connectivity index (χ1v) is 7.62. The molecule has 0 aliphatic carbocycles. The van der Waals surface area contributed by atoms with Gasteiger partial charge in [-0.2, -0.15) is 0 Å². The summed E-state index contributed by atoms with van der Waals surface area (Å²) in [6.07, 6.45) is 0.665. The Morgan fingerprint density at radius 3 is 2.90 bits per heavy atom. The summed E-state index contributed by atoms with van der Waals surface area (Å²) in [7, 11) is 0. The smallest absolute Gasteiger partial charge is 0.271 e. The van der Waals surface area contributed by atoms with E-state index in [1.807, 2.05) is 24.3 Å². The van der Waals surface area contributed by atoms with Gasteiger partial charge in [0.05, 0.1) is 11.6 Å². The van der Waals surface area contributed by atoms with Crippen LogP contribution in [0, 0.1) is 0 Å². The largest absolute Gasteiger partial charge is 0.371 e. The number of halogens is 1. The van der Waals surface area contributed by atoms with E-state index in [-0.39, 0.29) is 18.1 Å². The number of aromatic nitrogens is 1. The van der Waals surface area contributed by atoms with Gasteiger partial charge < -0.3 is 10.1 Å². The van der Waals surface area contributed by atoms with Crippen LogP contribution in [0.15, 0.2) is 35.2 Å². The normalized spacial score (nSPS) is 21.9. The van der Waals surface area contributed by atoms with Crippen molar-refractivity contribution < 1.29 is 9.53 Å². The molecule has 1 aliphatic heterocycles. The number of nitrogens with zero attached hydrogens (tertiary/aromatic N) is 1. The maximum atomic E-state index is 12.0. The van der Waals surface area contributed by atoms with Crippen LogP contribution in [-0.2, 0) is 4.74 Å². The number of rotatable bonds is 3. The summed E-state index contributed by atoms with van der Waals surface area (Å²) in [5, 5.41) is 5.42. The Kier molecular flexibility index (Phi) is 4.00. The molecule has 1 N–H and O–H groups in total. The number of benzene rings is 1. The second kappa shape index (κ2) is 5.91. The molecular formula is C14H13ClN2O2S. The predicted octanol–water partition coefficient (Wildman–Crippen LogP) is 3.06. The van der Waals surface area contributed by atoms with Crippen molar-refractivity contribution in [2.75, 3.05) is 6.61 Å². The lowest BCUT2D eigenvalue weighted by atomic mass is 10.0. The lowest BCUT2D eigenvalue weighted by molar-refractivity contribution is 0.0818. The predicted molar refractivity (Wildman–Crippen MR) is 78.1 cm³/mol. The van der Waals surface area contributed by atoms with Gasteiger partial charge in [-0.15, -0.1) is 11.3 Å². The van der Waals surface area contributed by atoms with Crippen LogP contribution in [0.2, 0.25) is 5.02 Å². The molecule has 1 aromatic heterocycles. The van der Waals surface area contributed by atoms with Gasteiger partial charge in [0.2, 0.25) is 0 Å². The Balaban J connectivity index is 1.72. The summed E-state index contributed by atoms with van der Waals surface area (Å²) >= 11 is 7.30. The summed E-state index contributed by atoms with van der Waals surface area (Å²) in [5.74, 6) is -0.152. The zero-order valence-corrected chi connectivity index (χ0v) is 12.2. The van der Waals surface area contributed by atoms with Crippen LogP contribution in [0.1, 0.15) is 28.6 Å². The molecule has 0 unspecified atom stereocenters. The molecule has 2 atom stereocenters. The lowest BCUT2D eigenvalue weighted by Gasteiger charge is -2.19. The fraction of sp³-hybridized carbons (Fsp3) is 0.286. The van der Waals surface area contributed by atoms with E-state index in [1.165, 1.54) is 11.3 Å². The van der Waals surface area contributed by atoms with Crippen molar-refractivity contribution in [3.05, 3.63) is 51.4 Å². The van der Waals surface area contributed by atoms with Gasteiger partial charge >= 0.3 is 0 Å². The third-order valence-electron chi connectivity index (χ3n) is 3.27. The van der Waals surface area contributed by atoms with E-state index in [0.717, 1.165) is 12.0 Å². The fourth-order valence-electron chi connectivity index (χ4n) is 2.29. The van der Waals surface area contributed by atoms with Gasteiger partial charge in [-0.1, -0.05) is 23.7 Å². The van der Waals surface area contributed by atoms with Crippen LogP contribution in [0.25, 0.3) is 0 Å². The molecule has 0 radical (unpaired) electrons. The van der Waals surface area contributed by atoms with Gasteiger partial charge in [0.15, 0.2) is 0 Å². The van der Waals surface area contributed by atoms with Crippen LogP contribution in [-0.4, -0.2) is 23.5 Å². The third-order valence-corrected chi connectivity index (χ3v) is 4.11. The highest BCUT2D eigenvalue weighted by Gasteiger charge is 2.31. The third kappa shape index (κ3) is 2.85. The first kappa shape index (κ1) is 13.5. The van der Waals surface area contributed by atoms with E-state index in [9.17, 15) is 4.79 Å². The molecule has 0 bridgehead atoms. The fourth-order valence-corrected chi connectivity index (χ4v) is 2.94. The summed E-state index contributed by atoms with van der Waals surface area (Å²) in [5.41, 5.74) is 3.13. The minimum atomic E-state index is -0.152. The second-order valence-electron chi connectivity index (χ2n) is 4.59. The van der Waals surface area contributed by atoms with E-state index in [2.05, 4.69) is 10.3 Å². The van der Waals surface area contributed by atoms with E-state index in [1.54, 1.807) is 10.9 Å². The van der Waals surface area contributed by atoms with Crippen molar-refractivity contribution in [1.29, 1.82) is 0 Å². The van der Waals surface area contributed by atoms with Gasteiger partial charge in [0, 0.05) is 17.0 Å². The van der Waals surface area contributed by atoms with Gasteiger partial charge in [0.1, 0.15) is 11.8 Å². The van der Waals surface area contributed by atoms with Crippen molar-refractivity contribution in [3.8, 4) is 0 Å². The van der Waals surface area contributed by atoms with Crippen molar-refractivity contribution in [3.63, 3.8) is 0 Å². The number of carbonyl (C=O) groups is 1. The maximum Gasteiger partial charge on any atom is 0.271 e. The molecule has 0 saturated carbocycles. The molecule has 1 aromatic carbocycles. The summed E-state index contributed by atoms with van der Waals surface area (Å²) in [6.45, 7) is 0.634. The maximum absolute atomic E-state index is 12.0. The van der Waals surface area contributed by atoms with Crippen molar-refractivity contribution >= 4 is 28.8 Å². The average Bonchev–Trinajstić information content (AvgIpc) is 3.10. The van der Waals surface area contributed by atoms with Gasteiger partial charge in [0.25, 0.3) is 5.91 Å². The second-order valence-corrected chi connectivity index (χ2v) is 5.74. The van der Waals surface area contributed by atoms with Crippen molar-refractivity contribution in [2.24, 2.45) is 0 Å². The highest BCUT2D eigenvalue weighted by Crippen LogP contribution is 2.30. The molecule has 2 heterocycles. The van der Waals surface area contributed by atoms with Crippen LogP contribution >= 0.6 is 22.9 Å². The minimum absolute atomic E-state index is 0.0367. The standard InChI is InChI=1S/C14H13ClN2O2S/c15-10-3-1-9(2-4-10)13-11(5-6-19-13)17-14(18)12-7-20-8-16-12/h1-4,7-8,11,13H,5-6H2,(H,17,18)/t11-,13+/m0/s1. The molecular weight excluding hydrogens is 296 g/mol. The van der Waals surface area contributed by atoms with Crippen molar-refractivity contribution in [2.45, 2.75) is 18.6 Å². The summed E-state index contributed by atoms with van der Waals surface area (Å²) < 4.78 is 5.73. The molecule has 1 amide bonds. The molecule has 20 heavy (non-hydrogen) atoms. The quantitative estimate of drug-likeness (QED) is 0.948. The minimum Gasteiger partial charge on any atom is -0.371 e. The number of nitrogens with one attached hydrogen (secondary N) is 1. The lowest BCUT2D eigenvalue weighted by Crippen LogP contribution is -2.36. The average molecular weight is 309 g/mol. The number of amides is 1. The highest BCUT2D eigenvalue weighted by atomic mass is 35.5.